The van der Waals surface area contributed by atoms with Crippen LogP contribution in [0.15, 0.2) is 0 Å². The van der Waals surface area contributed by atoms with E-state index in [9.17, 15) is 46.0 Å². The summed E-state index contributed by atoms with van der Waals surface area (Å²) in [5, 5.41) is 89.0. The molecule has 0 radical (unpaired) electrons. The Labute approximate surface area is 170 Å². The largest absolute Gasteiger partial charge is 0.394 e. The Morgan fingerprint density at radius 2 is 1.20 bits per heavy atom. The number of hydrogen-bond acceptors (Lipinski definition) is 14. The van der Waals surface area contributed by atoms with Crippen molar-refractivity contribution in [3.05, 3.63) is 0 Å². The molecule has 0 bridgehead atoms. The van der Waals surface area contributed by atoms with Gasteiger partial charge in [-0.2, -0.15) is 0 Å². The minimum atomic E-state index is -1.78. The van der Waals surface area contributed by atoms with Crippen LogP contribution in [-0.4, -0.2) is 146 Å². The second-order valence-corrected chi connectivity index (χ2v) is 7.44. The highest BCUT2D eigenvalue weighted by Gasteiger charge is 2.50. The predicted octanol–water partition coefficient (Wildman–Crippen LogP) is -6.29. The third-order valence-corrected chi connectivity index (χ3v) is 5.30. The van der Waals surface area contributed by atoms with Gasteiger partial charge in [0.2, 0.25) is 0 Å². The van der Waals surface area contributed by atoms with E-state index in [2.05, 4.69) is 0 Å². The summed E-state index contributed by atoms with van der Waals surface area (Å²) in [5.41, 5.74) is 0. The fourth-order valence-electron chi connectivity index (χ4n) is 3.50. The standard InChI is InChI=1S/C16H28O14/c17-1-6-8(21)13(10(23)14(25)28-6)30-16-11(24)12(5(19)3-27-16)29-15-9(22)7(20)4(18)2-26-15/h4-25H,1-3H2/t4-,5-,6-,7+,8-,9-,10-,11-,12+,13+,14-,15-,16-/m1/s1. The van der Waals surface area contributed by atoms with E-state index in [1.165, 1.54) is 0 Å². The van der Waals surface area contributed by atoms with Crippen LogP contribution in [0.25, 0.3) is 0 Å². The van der Waals surface area contributed by atoms with Gasteiger partial charge in [0.05, 0.1) is 19.8 Å². The van der Waals surface area contributed by atoms with Crippen LogP contribution in [0.2, 0.25) is 0 Å². The maximum Gasteiger partial charge on any atom is 0.186 e. The van der Waals surface area contributed by atoms with E-state index in [0.29, 0.717) is 0 Å². The second-order valence-electron chi connectivity index (χ2n) is 7.44. The van der Waals surface area contributed by atoms with E-state index >= 15 is 0 Å². The molecule has 0 unspecified atom stereocenters. The zero-order chi connectivity index (χ0) is 22.2. The number of aliphatic hydroxyl groups excluding tert-OH is 9. The predicted molar refractivity (Wildman–Crippen MR) is 89.2 cm³/mol. The molecule has 0 aliphatic carbocycles. The normalized spacial score (nSPS) is 52.9. The number of ether oxygens (including phenoxy) is 5. The Balaban J connectivity index is 1.67. The monoisotopic (exact) mass is 444 g/mol. The zero-order valence-electron chi connectivity index (χ0n) is 15.7. The molecule has 3 rings (SSSR count). The molecule has 30 heavy (non-hydrogen) atoms. The molecule has 0 spiro atoms. The summed E-state index contributed by atoms with van der Waals surface area (Å²) in [6.45, 7) is -1.46. The van der Waals surface area contributed by atoms with Crippen molar-refractivity contribution in [3.63, 3.8) is 0 Å². The van der Waals surface area contributed by atoms with Crippen molar-refractivity contribution in [1.29, 1.82) is 0 Å². The highest BCUT2D eigenvalue weighted by Crippen LogP contribution is 2.29. The summed E-state index contributed by atoms with van der Waals surface area (Å²) < 4.78 is 25.9. The van der Waals surface area contributed by atoms with E-state index in [1.54, 1.807) is 0 Å². The maximum absolute atomic E-state index is 10.5. The average Bonchev–Trinajstić information content (AvgIpc) is 2.72. The molecule has 3 fully saturated rings. The highest BCUT2D eigenvalue weighted by atomic mass is 16.7. The molecule has 3 saturated heterocycles. The lowest BCUT2D eigenvalue weighted by molar-refractivity contribution is -0.361. The maximum atomic E-state index is 10.5. The summed E-state index contributed by atoms with van der Waals surface area (Å²) >= 11 is 0. The number of rotatable bonds is 5. The van der Waals surface area contributed by atoms with E-state index in [-0.39, 0.29) is 6.61 Å². The van der Waals surface area contributed by atoms with Gasteiger partial charge in [-0.1, -0.05) is 0 Å². The van der Waals surface area contributed by atoms with Gasteiger partial charge in [0, 0.05) is 0 Å². The lowest BCUT2D eigenvalue weighted by atomic mass is 9.98. The molecule has 13 atom stereocenters. The third-order valence-electron chi connectivity index (χ3n) is 5.30. The van der Waals surface area contributed by atoms with Crippen LogP contribution < -0.4 is 0 Å². The van der Waals surface area contributed by atoms with Gasteiger partial charge in [-0.25, -0.2) is 0 Å². The van der Waals surface area contributed by atoms with Crippen LogP contribution >= 0.6 is 0 Å². The first-order valence-electron chi connectivity index (χ1n) is 9.40. The Bertz CT molecular complexity index is 552. The van der Waals surface area contributed by atoms with Crippen LogP contribution in [0, 0.1) is 0 Å². The molecule has 9 N–H and O–H groups in total. The van der Waals surface area contributed by atoms with Crippen LogP contribution in [0.3, 0.4) is 0 Å². The molecule has 14 heteroatoms. The Morgan fingerprint density at radius 1 is 0.633 bits per heavy atom. The second kappa shape index (κ2) is 9.93. The van der Waals surface area contributed by atoms with Gasteiger partial charge in [0.1, 0.15) is 61.0 Å². The average molecular weight is 444 g/mol. The SMILES string of the molecule is OC[C@H]1O[C@@H](O)[C@H](O)[C@@H](O[C@H]2OC[C@@H](O)[C@H](O[C@H]3OC[C@@H](O)[C@H](O)[C@H]3O)[C@H]2O)[C@@H]1O. The zero-order valence-corrected chi connectivity index (χ0v) is 15.7. The lowest BCUT2D eigenvalue weighted by Crippen LogP contribution is -2.64. The van der Waals surface area contributed by atoms with E-state index in [1.807, 2.05) is 0 Å². The first-order valence-corrected chi connectivity index (χ1v) is 9.40. The van der Waals surface area contributed by atoms with Gasteiger partial charge in [0.15, 0.2) is 18.9 Å². The van der Waals surface area contributed by atoms with Gasteiger partial charge in [0.25, 0.3) is 0 Å². The number of hydrogen-bond donors (Lipinski definition) is 9. The molecule has 0 amide bonds. The minimum Gasteiger partial charge on any atom is -0.394 e. The summed E-state index contributed by atoms with van der Waals surface area (Å²) in [4.78, 5) is 0. The van der Waals surface area contributed by atoms with Crippen LogP contribution in [0.4, 0.5) is 0 Å². The molecule has 176 valence electrons. The summed E-state index contributed by atoms with van der Waals surface area (Å²) in [5.74, 6) is 0. The van der Waals surface area contributed by atoms with Gasteiger partial charge in [-0.3, -0.25) is 0 Å². The van der Waals surface area contributed by atoms with E-state index in [4.69, 9.17) is 23.7 Å². The Hall–Kier alpha value is -0.560. The van der Waals surface area contributed by atoms with Crippen molar-refractivity contribution in [1.82, 2.24) is 0 Å². The molecule has 0 aromatic rings. The summed E-state index contributed by atoms with van der Waals surface area (Å²) in [6.07, 6.45) is -20.1. The highest BCUT2D eigenvalue weighted by molar-refractivity contribution is 4.93. The number of aliphatic hydroxyl groups is 9. The van der Waals surface area contributed by atoms with Gasteiger partial charge in [-0.15, -0.1) is 0 Å². The van der Waals surface area contributed by atoms with Crippen LogP contribution in [-0.2, 0) is 23.7 Å². The fourth-order valence-corrected chi connectivity index (χ4v) is 3.50. The molecular formula is C16H28O14. The quantitative estimate of drug-likeness (QED) is 0.192. The van der Waals surface area contributed by atoms with E-state index in [0.717, 1.165) is 0 Å². The van der Waals surface area contributed by atoms with Crippen molar-refractivity contribution in [3.8, 4) is 0 Å². The van der Waals surface area contributed by atoms with Gasteiger partial charge >= 0.3 is 0 Å². The van der Waals surface area contributed by atoms with Crippen molar-refractivity contribution >= 4 is 0 Å². The van der Waals surface area contributed by atoms with E-state index < -0.39 is 93.1 Å². The van der Waals surface area contributed by atoms with Crippen LogP contribution in [0.5, 0.6) is 0 Å². The third kappa shape index (κ3) is 4.77. The van der Waals surface area contributed by atoms with Crippen molar-refractivity contribution in [2.24, 2.45) is 0 Å². The minimum absolute atomic E-state index is 0.362. The van der Waals surface area contributed by atoms with Crippen molar-refractivity contribution < 1.29 is 69.6 Å². The van der Waals surface area contributed by atoms with Crippen molar-refractivity contribution in [2.75, 3.05) is 19.8 Å². The molecule has 0 aromatic heterocycles. The molecular weight excluding hydrogens is 416 g/mol. The molecule has 14 nitrogen and oxygen atoms in total. The first-order chi connectivity index (χ1) is 14.1. The Kier molecular flexibility index (Phi) is 7.97. The lowest BCUT2D eigenvalue weighted by Gasteiger charge is -2.45. The molecule has 3 aliphatic heterocycles. The van der Waals surface area contributed by atoms with Crippen LogP contribution in [0.1, 0.15) is 0 Å². The fraction of sp³-hybridized carbons (Fsp3) is 1.00. The molecule has 3 aliphatic rings. The Morgan fingerprint density at radius 3 is 1.83 bits per heavy atom. The summed E-state index contributed by atoms with van der Waals surface area (Å²) in [6, 6.07) is 0. The molecule has 0 saturated carbocycles. The topological polar surface area (TPSA) is 228 Å². The van der Waals surface area contributed by atoms with Gasteiger partial charge < -0.3 is 69.6 Å². The van der Waals surface area contributed by atoms with Gasteiger partial charge in [-0.05, 0) is 0 Å². The smallest absolute Gasteiger partial charge is 0.186 e. The summed E-state index contributed by atoms with van der Waals surface area (Å²) in [7, 11) is 0. The van der Waals surface area contributed by atoms with Crippen molar-refractivity contribution in [2.45, 2.75) is 79.9 Å². The molecule has 0 aromatic carbocycles. The molecule has 3 heterocycles. The first kappa shape index (κ1) is 24.1.